The molecule has 2 aromatic rings. The van der Waals surface area contributed by atoms with E-state index in [1.165, 1.54) is 11.9 Å². The number of oxazole rings is 1. The molecule has 0 aliphatic carbocycles. The van der Waals surface area contributed by atoms with Crippen molar-refractivity contribution in [2.75, 3.05) is 7.05 Å². The summed E-state index contributed by atoms with van der Waals surface area (Å²) < 4.78 is 37.2. The van der Waals surface area contributed by atoms with Gasteiger partial charge in [-0.15, -0.1) is 0 Å². The Bertz CT molecular complexity index is 867. The zero-order chi connectivity index (χ0) is 21.6. The second kappa shape index (κ2) is 9.32. The van der Waals surface area contributed by atoms with Crippen molar-refractivity contribution >= 4 is 17.8 Å². The van der Waals surface area contributed by atoms with E-state index in [9.17, 15) is 22.8 Å². The Hall–Kier alpha value is -3.21. The molecule has 1 saturated heterocycles. The molecule has 1 aromatic carbocycles. The first-order chi connectivity index (χ1) is 13.6. The van der Waals surface area contributed by atoms with E-state index in [0.29, 0.717) is 25.3 Å². The van der Waals surface area contributed by atoms with Crippen LogP contribution in [0.3, 0.4) is 0 Å². The fourth-order valence-electron chi connectivity index (χ4n) is 2.43. The van der Waals surface area contributed by atoms with Gasteiger partial charge in [0.2, 0.25) is 17.7 Å². The Morgan fingerprint density at radius 2 is 1.93 bits per heavy atom. The SMILES string of the molecule is CN1C(=O)CCC(NCc2coc(-c3ccccc3)n2)C1=O.O=C(O)C(F)(F)F. The molecular weight excluding hydrogens is 395 g/mol. The Morgan fingerprint density at radius 3 is 2.52 bits per heavy atom. The number of carboxylic acids is 1. The van der Waals surface area contributed by atoms with Crippen molar-refractivity contribution in [3.05, 3.63) is 42.3 Å². The third kappa shape index (κ3) is 6.14. The highest BCUT2D eigenvalue weighted by atomic mass is 19.4. The van der Waals surface area contributed by atoms with Crippen LogP contribution in [0.2, 0.25) is 0 Å². The quantitative estimate of drug-likeness (QED) is 0.739. The average molecular weight is 413 g/mol. The highest BCUT2D eigenvalue weighted by Crippen LogP contribution is 2.18. The van der Waals surface area contributed by atoms with E-state index in [2.05, 4.69) is 10.3 Å². The molecule has 1 unspecified atom stereocenters. The lowest BCUT2D eigenvalue weighted by Gasteiger charge is -2.28. The van der Waals surface area contributed by atoms with Crippen molar-refractivity contribution in [2.24, 2.45) is 0 Å². The third-order valence-electron chi connectivity index (χ3n) is 3.99. The number of likely N-dealkylation sites (tertiary alicyclic amines) is 1. The molecule has 1 aliphatic rings. The monoisotopic (exact) mass is 413 g/mol. The van der Waals surface area contributed by atoms with Crippen molar-refractivity contribution in [3.63, 3.8) is 0 Å². The molecule has 156 valence electrons. The second-order valence-electron chi connectivity index (χ2n) is 6.08. The first-order valence-electron chi connectivity index (χ1n) is 8.43. The van der Waals surface area contributed by atoms with Crippen molar-refractivity contribution in [1.82, 2.24) is 15.2 Å². The molecule has 1 fully saturated rings. The summed E-state index contributed by atoms with van der Waals surface area (Å²) >= 11 is 0. The summed E-state index contributed by atoms with van der Waals surface area (Å²) in [5, 5.41) is 10.3. The Balaban J connectivity index is 0.000000370. The molecule has 0 saturated carbocycles. The van der Waals surface area contributed by atoms with Gasteiger partial charge < -0.3 is 14.8 Å². The van der Waals surface area contributed by atoms with Crippen LogP contribution in [0.25, 0.3) is 11.5 Å². The number of hydrogen-bond acceptors (Lipinski definition) is 6. The molecule has 1 aliphatic heterocycles. The summed E-state index contributed by atoms with van der Waals surface area (Å²) in [6, 6.07) is 9.28. The van der Waals surface area contributed by atoms with Gasteiger partial charge in [-0.2, -0.15) is 13.2 Å². The van der Waals surface area contributed by atoms with E-state index < -0.39 is 12.1 Å². The average Bonchev–Trinajstić information content (AvgIpc) is 3.15. The number of aliphatic carboxylic acids is 1. The van der Waals surface area contributed by atoms with Crippen LogP contribution in [0.5, 0.6) is 0 Å². The zero-order valence-corrected chi connectivity index (χ0v) is 15.3. The summed E-state index contributed by atoms with van der Waals surface area (Å²) in [6.07, 6.45) is -2.60. The van der Waals surface area contributed by atoms with Gasteiger partial charge in [-0.3, -0.25) is 14.5 Å². The standard InChI is InChI=1S/C16H17N3O3.C2HF3O2/c1-19-14(20)8-7-13(16(19)21)17-9-12-10-22-15(18-12)11-5-3-2-4-6-11;3-2(4,5)1(6)7/h2-6,10,13,17H,7-9H2,1H3;(H,6,7). The number of piperidine rings is 1. The van der Waals surface area contributed by atoms with Gasteiger partial charge in [0.15, 0.2) is 0 Å². The molecule has 1 aromatic heterocycles. The number of imide groups is 1. The third-order valence-corrected chi connectivity index (χ3v) is 3.99. The van der Waals surface area contributed by atoms with Gasteiger partial charge in [0.25, 0.3) is 0 Å². The van der Waals surface area contributed by atoms with Crippen LogP contribution >= 0.6 is 0 Å². The van der Waals surface area contributed by atoms with Crippen LogP contribution in [0, 0.1) is 0 Å². The molecule has 0 bridgehead atoms. The predicted octanol–water partition coefficient (Wildman–Crippen LogP) is 2.21. The van der Waals surface area contributed by atoms with Crippen molar-refractivity contribution in [1.29, 1.82) is 0 Å². The van der Waals surface area contributed by atoms with Gasteiger partial charge in [-0.05, 0) is 18.6 Å². The van der Waals surface area contributed by atoms with Crippen LogP contribution in [-0.4, -0.2) is 52.0 Å². The molecule has 0 radical (unpaired) electrons. The van der Waals surface area contributed by atoms with Gasteiger partial charge >= 0.3 is 12.1 Å². The molecular formula is C18H18F3N3O5. The molecule has 0 spiro atoms. The maximum Gasteiger partial charge on any atom is 0.490 e. The minimum Gasteiger partial charge on any atom is -0.475 e. The Morgan fingerprint density at radius 1 is 1.31 bits per heavy atom. The lowest BCUT2D eigenvalue weighted by atomic mass is 10.0. The molecule has 11 heteroatoms. The van der Waals surface area contributed by atoms with Crippen LogP contribution in [0.4, 0.5) is 13.2 Å². The Labute approximate surface area is 163 Å². The topological polar surface area (TPSA) is 113 Å². The maximum atomic E-state index is 12.0. The van der Waals surface area contributed by atoms with Crippen LogP contribution < -0.4 is 5.32 Å². The molecule has 2 amide bonds. The van der Waals surface area contributed by atoms with Crippen molar-refractivity contribution in [2.45, 2.75) is 31.6 Å². The fourth-order valence-corrected chi connectivity index (χ4v) is 2.43. The molecule has 1 atom stereocenters. The fraction of sp³-hybridized carbons (Fsp3) is 0.333. The number of rotatable bonds is 4. The van der Waals surface area contributed by atoms with Crippen LogP contribution in [-0.2, 0) is 20.9 Å². The molecule has 8 nitrogen and oxygen atoms in total. The summed E-state index contributed by atoms with van der Waals surface area (Å²) in [5.74, 6) is -2.52. The van der Waals surface area contributed by atoms with Crippen molar-refractivity contribution < 1.29 is 37.1 Å². The second-order valence-corrected chi connectivity index (χ2v) is 6.08. The van der Waals surface area contributed by atoms with E-state index in [-0.39, 0.29) is 17.9 Å². The number of likely N-dealkylation sites (N-methyl/N-ethyl adjacent to an activating group) is 1. The number of carboxylic acid groups (broad SMARTS) is 1. The number of benzene rings is 1. The van der Waals surface area contributed by atoms with E-state index in [4.69, 9.17) is 14.3 Å². The minimum absolute atomic E-state index is 0.129. The molecule has 2 N–H and O–H groups in total. The largest absolute Gasteiger partial charge is 0.490 e. The van der Waals surface area contributed by atoms with Gasteiger partial charge in [-0.1, -0.05) is 18.2 Å². The lowest BCUT2D eigenvalue weighted by molar-refractivity contribution is -0.192. The number of aromatic nitrogens is 1. The zero-order valence-electron chi connectivity index (χ0n) is 15.3. The van der Waals surface area contributed by atoms with E-state index in [1.807, 2.05) is 30.3 Å². The number of hydrogen-bond donors (Lipinski definition) is 2. The first-order valence-corrected chi connectivity index (χ1v) is 8.43. The van der Waals surface area contributed by atoms with E-state index in [1.54, 1.807) is 6.26 Å². The highest BCUT2D eigenvalue weighted by Gasteiger charge is 2.38. The van der Waals surface area contributed by atoms with E-state index in [0.717, 1.165) is 11.3 Å². The summed E-state index contributed by atoms with van der Waals surface area (Å²) in [7, 11) is 1.52. The normalized spacial score (nSPS) is 17.0. The first kappa shape index (κ1) is 22.1. The molecule has 3 rings (SSSR count). The number of alkyl halides is 3. The van der Waals surface area contributed by atoms with Crippen LogP contribution in [0.15, 0.2) is 41.0 Å². The molecule has 2 heterocycles. The Kier molecular flexibility index (Phi) is 7.10. The van der Waals surface area contributed by atoms with Gasteiger partial charge in [0.1, 0.15) is 6.26 Å². The van der Waals surface area contributed by atoms with Gasteiger partial charge in [-0.25, -0.2) is 9.78 Å². The highest BCUT2D eigenvalue weighted by molar-refractivity contribution is 6.00. The van der Waals surface area contributed by atoms with Crippen LogP contribution in [0.1, 0.15) is 18.5 Å². The van der Waals surface area contributed by atoms with Gasteiger partial charge in [0, 0.05) is 25.6 Å². The number of halogens is 3. The summed E-state index contributed by atoms with van der Waals surface area (Å²) in [4.78, 5) is 37.9. The van der Waals surface area contributed by atoms with E-state index >= 15 is 0 Å². The lowest BCUT2D eigenvalue weighted by Crippen LogP contribution is -2.51. The number of amides is 2. The number of carbonyl (C=O) groups is 3. The van der Waals surface area contributed by atoms with Crippen molar-refractivity contribution in [3.8, 4) is 11.5 Å². The summed E-state index contributed by atoms with van der Waals surface area (Å²) in [6.45, 7) is 0.425. The summed E-state index contributed by atoms with van der Waals surface area (Å²) in [5.41, 5.74) is 1.64. The number of nitrogens with one attached hydrogen (secondary N) is 1. The molecule has 29 heavy (non-hydrogen) atoms. The maximum absolute atomic E-state index is 12.0. The predicted molar refractivity (Wildman–Crippen MR) is 93.3 cm³/mol. The number of carbonyl (C=O) groups excluding carboxylic acids is 2. The number of nitrogens with zero attached hydrogens (tertiary/aromatic N) is 2. The smallest absolute Gasteiger partial charge is 0.475 e. The minimum atomic E-state index is -5.08. The van der Waals surface area contributed by atoms with Gasteiger partial charge in [0.05, 0.1) is 11.7 Å².